The summed E-state index contributed by atoms with van der Waals surface area (Å²) in [4.78, 5) is 0. The van der Waals surface area contributed by atoms with Crippen LogP contribution in [-0.2, 0) is 6.42 Å². The fourth-order valence-electron chi connectivity index (χ4n) is 3.15. The van der Waals surface area contributed by atoms with Gasteiger partial charge < -0.3 is 15.3 Å². The average Bonchev–Trinajstić information content (AvgIpc) is 2.57. The maximum Gasteiger partial charge on any atom is 0.266 e. The fraction of sp³-hybridized carbons (Fsp3) is 0.545. The molecule has 1 atom stereocenters. The molecule has 0 heterocycles. The molecule has 0 radical (unpaired) electrons. The molecule has 27 heavy (non-hydrogen) atoms. The number of aromatic hydroxyl groups is 2. The van der Waals surface area contributed by atoms with E-state index >= 15 is 0 Å². The Balaban J connectivity index is 2.66. The van der Waals surface area contributed by atoms with Gasteiger partial charge >= 0.3 is 0 Å². The van der Waals surface area contributed by atoms with E-state index in [-0.39, 0.29) is 11.5 Å². The van der Waals surface area contributed by atoms with Crippen LogP contribution in [0.4, 0.5) is 8.78 Å². The van der Waals surface area contributed by atoms with Crippen LogP contribution in [0.5, 0.6) is 11.5 Å². The summed E-state index contributed by atoms with van der Waals surface area (Å²) in [5.41, 5.74) is 2.75. The summed E-state index contributed by atoms with van der Waals surface area (Å²) in [5, 5.41) is 31.2. The first-order valence-corrected chi connectivity index (χ1v) is 9.36. The summed E-state index contributed by atoms with van der Waals surface area (Å²) >= 11 is 0. The smallest absolute Gasteiger partial charge is 0.266 e. The van der Waals surface area contributed by atoms with Crippen molar-refractivity contribution in [3.8, 4) is 11.5 Å². The molecular weight excluding hydrogens is 350 g/mol. The summed E-state index contributed by atoms with van der Waals surface area (Å²) in [7, 11) is 0. The van der Waals surface area contributed by atoms with E-state index in [1.807, 2.05) is 13.0 Å². The number of hydrogen-bond acceptors (Lipinski definition) is 3. The lowest BCUT2D eigenvalue weighted by molar-refractivity contribution is 0.0431. The molecule has 1 aromatic carbocycles. The number of aliphatic hydroxyl groups is 1. The van der Waals surface area contributed by atoms with Gasteiger partial charge in [0.2, 0.25) is 0 Å². The molecule has 0 amide bonds. The monoisotopic (exact) mass is 382 g/mol. The third kappa shape index (κ3) is 6.98. The van der Waals surface area contributed by atoms with E-state index in [1.54, 1.807) is 27.7 Å². The predicted octanol–water partition coefficient (Wildman–Crippen LogP) is 5.99. The largest absolute Gasteiger partial charge is 0.507 e. The van der Waals surface area contributed by atoms with Crippen molar-refractivity contribution in [2.75, 3.05) is 0 Å². The highest BCUT2D eigenvalue weighted by Crippen LogP contribution is 2.37. The molecule has 3 nitrogen and oxygen atoms in total. The van der Waals surface area contributed by atoms with E-state index in [0.717, 1.165) is 11.6 Å². The molecule has 0 aliphatic heterocycles. The van der Waals surface area contributed by atoms with E-state index in [9.17, 15) is 24.1 Å². The normalized spacial score (nSPS) is 14.1. The van der Waals surface area contributed by atoms with Crippen LogP contribution in [0.2, 0.25) is 0 Å². The maximum absolute atomic E-state index is 12.0. The SMILES string of the molecule is C/C(=C\CCC(C)(O)CCc1c(C)c(O)c(C)c(C)c1O)CCC=C(F)F. The molecule has 0 bridgehead atoms. The number of hydrogen-bond donors (Lipinski definition) is 3. The molecule has 0 saturated heterocycles. The summed E-state index contributed by atoms with van der Waals surface area (Å²) in [6.45, 7) is 8.96. The zero-order valence-corrected chi connectivity index (χ0v) is 17.0. The lowest BCUT2D eigenvalue weighted by Crippen LogP contribution is -2.24. The van der Waals surface area contributed by atoms with Crippen molar-refractivity contribution in [3.63, 3.8) is 0 Å². The Morgan fingerprint density at radius 3 is 2.11 bits per heavy atom. The van der Waals surface area contributed by atoms with Crippen LogP contribution in [-0.4, -0.2) is 20.9 Å². The molecule has 0 aliphatic rings. The maximum atomic E-state index is 12.0. The van der Waals surface area contributed by atoms with Gasteiger partial charge in [0.15, 0.2) is 0 Å². The van der Waals surface area contributed by atoms with Gasteiger partial charge in [-0.3, -0.25) is 0 Å². The minimum Gasteiger partial charge on any atom is -0.507 e. The van der Waals surface area contributed by atoms with Gasteiger partial charge in [-0.2, -0.15) is 8.78 Å². The van der Waals surface area contributed by atoms with E-state index in [1.165, 1.54) is 0 Å². The predicted molar refractivity (Wildman–Crippen MR) is 105 cm³/mol. The molecule has 0 aromatic heterocycles. The number of allylic oxidation sites excluding steroid dienone is 3. The summed E-state index contributed by atoms with van der Waals surface area (Å²) in [6.07, 6.45) is 4.24. The van der Waals surface area contributed by atoms with Crippen LogP contribution in [0.15, 0.2) is 23.8 Å². The van der Waals surface area contributed by atoms with Crippen LogP contribution in [0.25, 0.3) is 0 Å². The van der Waals surface area contributed by atoms with Crippen molar-refractivity contribution in [1.29, 1.82) is 0 Å². The second kappa shape index (κ2) is 9.88. The summed E-state index contributed by atoms with van der Waals surface area (Å²) in [5.74, 6) is 0.375. The van der Waals surface area contributed by atoms with E-state index in [2.05, 4.69) is 0 Å². The Kier molecular flexibility index (Phi) is 8.48. The van der Waals surface area contributed by atoms with Crippen LogP contribution >= 0.6 is 0 Å². The van der Waals surface area contributed by atoms with Gasteiger partial charge in [-0.25, -0.2) is 0 Å². The molecule has 5 heteroatoms. The molecule has 152 valence electrons. The Morgan fingerprint density at radius 2 is 1.52 bits per heavy atom. The van der Waals surface area contributed by atoms with Crippen LogP contribution in [0.1, 0.15) is 68.2 Å². The Bertz CT molecular complexity index is 686. The zero-order valence-electron chi connectivity index (χ0n) is 17.0. The fourth-order valence-corrected chi connectivity index (χ4v) is 3.15. The molecule has 0 spiro atoms. The van der Waals surface area contributed by atoms with E-state index < -0.39 is 11.7 Å². The molecule has 3 N–H and O–H groups in total. The molecule has 1 rings (SSSR count). The molecular formula is C22H32F2O3. The highest BCUT2D eigenvalue weighted by molar-refractivity contribution is 5.56. The minimum absolute atomic E-state index is 0.183. The second-order valence-corrected chi connectivity index (χ2v) is 7.67. The number of phenolic OH excluding ortho intramolecular Hbond substituents is 2. The number of rotatable bonds is 9. The quantitative estimate of drug-likeness (QED) is 0.363. The first-order valence-electron chi connectivity index (χ1n) is 9.36. The molecule has 0 aliphatic carbocycles. The number of benzene rings is 1. The first kappa shape index (κ1) is 23.2. The highest BCUT2D eigenvalue weighted by atomic mass is 19.3. The van der Waals surface area contributed by atoms with Gasteiger partial charge in [0.05, 0.1) is 5.60 Å². The van der Waals surface area contributed by atoms with Crippen molar-refractivity contribution < 1.29 is 24.1 Å². The number of halogens is 2. The van der Waals surface area contributed by atoms with E-state index in [0.29, 0.717) is 60.8 Å². The third-order valence-corrected chi connectivity index (χ3v) is 5.29. The van der Waals surface area contributed by atoms with Gasteiger partial charge in [0, 0.05) is 5.56 Å². The van der Waals surface area contributed by atoms with Gasteiger partial charge in [-0.05, 0) is 95.9 Å². The van der Waals surface area contributed by atoms with Crippen molar-refractivity contribution in [2.24, 2.45) is 0 Å². The van der Waals surface area contributed by atoms with Crippen molar-refractivity contribution in [1.82, 2.24) is 0 Å². The lowest BCUT2D eigenvalue weighted by atomic mass is 9.88. The minimum atomic E-state index is -1.65. The Labute approximate surface area is 161 Å². The molecule has 1 aromatic rings. The standard InChI is InChI=1S/C22H32F2O3/c1-14(8-6-10-19(23)24)9-7-12-22(5,27)13-11-18-17(4)20(25)15(2)16(3)21(18)26/h9-10,25-27H,6-8,11-13H2,1-5H3/b14-9+. The van der Waals surface area contributed by atoms with Crippen LogP contribution < -0.4 is 0 Å². The van der Waals surface area contributed by atoms with Gasteiger partial charge in [0.25, 0.3) is 6.08 Å². The van der Waals surface area contributed by atoms with Crippen LogP contribution in [0, 0.1) is 20.8 Å². The molecule has 0 fully saturated rings. The Hall–Kier alpha value is -1.88. The van der Waals surface area contributed by atoms with Crippen LogP contribution in [0.3, 0.4) is 0 Å². The van der Waals surface area contributed by atoms with Gasteiger partial charge in [-0.15, -0.1) is 0 Å². The van der Waals surface area contributed by atoms with Crippen molar-refractivity contribution in [3.05, 3.63) is 46.1 Å². The van der Waals surface area contributed by atoms with Gasteiger partial charge in [-0.1, -0.05) is 11.6 Å². The lowest BCUT2D eigenvalue weighted by Gasteiger charge is -2.24. The average molecular weight is 382 g/mol. The van der Waals surface area contributed by atoms with Crippen molar-refractivity contribution >= 4 is 0 Å². The summed E-state index contributed by atoms with van der Waals surface area (Å²) < 4.78 is 24.0. The summed E-state index contributed by atoms with van der Waals surface area (Å²) in [6, 6.07) is 0. The highest BCUT2D eigenvalue weighted by Gasteiger charge is 2.23. The third-order valence-electron chi connectivity index (χ3n) is 5.29. The number of phenols is 2. The Morgan fingerprint density at radius 1 is 0.926 bits per heavy atom. The molecule has 0 saturated carbocycles. The second-order valence-electron chi connectivity index (χ2n) is 7.67. The van der Waals surface area contributed by atoms with E-state index in [4.69, 9.17) is 0 Å². The topological polar surface area (TPSA) is 60.7 Å². The first-order chi connectivity index (χ1) is 12.5. The molecule has 1 unspecified atom stereocenters. The zero-order chi connectivity index (χ0) is 20.8. The van der Waals surface area contributed by atoms with Crippen molar-refractivity contribution in [2.45, 2.75) is 78.7 Å². The van der Waals surface area contributed by atoms with Gasteiger partial charge in [0.1, 0.15) is 11.5 Å².